The molecule has 6 nitrogen and oxygen atoms in total. The second-order valence-electron chi connectivity index (χ2n) is 6.52. The van der Waals surface area contributed by atoms with Gasteiger partial charge in [-0.05, 0) is 31.4 Å². The number of ether oxygens (including phenoxy) is 2. The zero-order valence-electron chi connectivity index (χ0n) is 17.9. The van der Waals surface area contributed by atoms with E-state index < -0.39 is 0 Å². The van der Waals surface area contributed by atoms with Gasteiger partial charge in [0.1, 0.15) is 0 Å². The molecule has 1 aromatic carbocycles. The highest BCUT2D eigenvalue weighted by Gasteiger charge is 2.03. The molecule has 1 heterocycles. The Bertz CT molecular complexity index is 733. The van der Waals surface area contributed by atoms with E-state index in [1.54, 1.807) is 11.3 Å². The number of nitrogens with one attached hydrogen (secondary N) is 2. The van der Waals surface area contributed by atoms with Crippen LogP contribution >= 0.6 is 11.3 Å². The number of guanidine groups is 1. The van der Waals surface area contributed by atoms with Crippen LogP contribution in [0, 0.1) is 0 Å². The molecule has 2 aromatic rings. The van der Waals surface area contributed by atoms with Crippen LogP contribution in [-0.4, -0.2) is 43.9 Å². The van der Waals surface area contributed by atoms with E-state index in [-0.39, 0.29) is 0 Å². The summed E-state index contributed by atoms with van der Waals surface area (Å²) in [5, 5.41) is 7.88. The Balaban J connectivity index is 1.81. The van der Waals surface area contributed by atoms with Crippen LogP contribution in [0.15, 0.2) is 35.5 Å². The second kappa shape index (κ2) is 14.1. The number of nitrogens with zero attached hydrogens (tertiary/aromatic N) is 2. The molecule has 0 radical (unpaired) electrons. The monoisotopic (exact) mass is 418 g/mol. The Hall–Kier alpha value is -1.96. The Kier molecular flexibility index (Phi) is 11.3. The van der Waals surface area contributed by atoms with E-state index in [2.05, 4.69) is 53.7 Å². The maximum Gasteiger partial charge on any atom is 0.191 e. The van der Waals surface area contributed by atoms with Crippen molar-refractivity contribution < 1.29 is 9.47 Å². The molecule has 0 unspecified atom stereocenters. The molecule has 0 saturated heterocycles. The number of hydrogen-bond donors (Lipinski definition) is 2. The zero-order chi connectivity index (χ0) is 20.7. The summed E-state index contributed by atoms with van der Waals surface area (Å²) in [4.78, 5) is 10.5. The summed E-state index contributed by atoms with van der Waals surface area (Å²) in [6, 6.07) is 8.38. The van der Waals surface area contributed by atoms with Crippen molar-refractivity contribution in [1.82, 2.24) is 15.6 Å². The molecule has 2 N–H and O–H groups in total. The number of thiazole rings is 1. The first-order chi connectivity index (χ1) is 14.2. The smallest absolute Gasteiger partial charge is 0.191 e. The summed E-state index contributed by atoms with van der Waals surface area (Å²) in [7, 11) is 0. The predicted octanol–water partition coefficient (Wildman–Crippen LogP) is 3.56. The number of aliphatic imine (C=N–C) groups is 1. The van der Waals surface area contributed by atoms with Gasteiger partial charge in [0.05, 0.1) is 31.4 Å². The summed E-state index contributed by atoms with van der Waals surface area (Å²) >= 11 is 1.79. The summed E-state index contributed by atoms with van der Waals surface area (Å²) < 4.78 is 10.9. The lowest BCUT2D eigenvalue weighted by molar-refractivity contribution is 0.0453. The van der Waals surface area contributed by atoms with Crippen molar-refractivity contribution in [2.24, 2.45) is 4.99 Å². The molecular weight excluding hydrogens is 384 g/mol. The number of rotatable bonds is 13. The van der Waals surface area contributed by atoms with E-state index in [0.717, 1.165) is 44.1 Å². The van der Waals surface area contributed by atoms with Gasteiger partial charge in [-0.2, -0.15) is 0 Å². The van der Waals surface area contributed by atoms with Gasteiger partial charge in [-0.1, -0.05) is 31.2 Å². The van der Waals surface area contributed by atoms with Gasteiger partial charge in [-0.3, -0.25) is 0 Å². The molecule has 0 fully saturated rings. The minimum Gasteiger partial charge on any atom is -0.379 e. The van der Waals surface area contributed by atoms with Crippen LogP contribution in [0.2, 0.25) is 0 Å². The van der Waals surface area contributed by atoms with E-state index in [0.29, 0.717) is 26.4 Å². The molecule has 0 aliphatic rings. The number of hydrogen-bond acceptors (Lipinski definition) is 5. The largest absolute Gasteiger partial charge is 0.379 e. The first kappa shape index (κ1) is 23.3. The van der Waals surface area contributed by atoms with E-state index in [1.807, 2.05) is 13.1 Å². The molecule has 0 aliphatic heterocycles. The Morgan fingerprint density at radius 2 is 1.93 bits per heavy atom. The Morgan fingerprint density at radius 3 is 2.69 bits per heavy atom. The minimum atomic E-state index is 0.594. The fraction of sp³-hybridized carbons (Fsp3) is 0.545. The molecule has 0 spiro atoms. The average Bonchev–Trinajstić information content (AvgIpc) is 3.20. The van der Waals surface area contributed by atoms with Gasteiger partial charge < -0.3 is 20.1 Å². The molecule has 7 heteroatoms. The van der Waals surface area contributed by atoms with E-state index in [9.17, 15) is 0 Å². The molecule has 2 rings (SSSR count). The van der Waals surface area contributed by atoms with Crippen LogP contribution in [0.4, 0.5) is 0 Å². The molecule has 0 bridgehead atoms. The van der Waals surface area contributed by atoms with Gasteiger partial charge in [-0.25, -0.2) is 9.98 Å². The van der Waals surface area contributed by atoms with Crippen LogP contribution in [0.3, 0.4) is 0 Å². The van der Waals surface area contributed by atoms with Gasteiger partial charge in [-0.15, -0.1) is 11.3 Å². The maximum absolute atomic E-state index is 5.66. The highest BCUT2D eigenvalue weighted by molar-refractivity contribution is 7.11. The molecule has 0 atom stereocenters. The Labute approximate surface area is 178 Å². The van der Waals surface area contributed by atoms with Crippen molar-refractivity contribution in [3.05, 3.63) is 51.5 Å². The lowest BCUT2D eigenvalue weighted by Crippen LogP contribution is -2.38. The summed E-state index contributed by atoms with van der Waals surface area (Å²) in [6.07, 6.45) is 3.93. The number of benzene rings is 1. The van der Waals surface area contributed by atoms with Gasteiger partial charge in [0, 0.05) is 37.2 Å². The van der Waals surface area contributed by atoms with Gasteiger partial charge in [0.25, 0.3) is 0 Å². The first-order valence-corrected chi connectivity index (χ1v) is 11.3. The lowest BCUT2D eigenvalue weighted by atomic mass is 10.1. The van der Waals surface area contributed by atoms with Gasteiger partial charge >= 0.3 is 0 Å². The number of aromatic nitrogens is 1. The van der Waals surface area contributed by atoms with E-state index in [4.69, 9.17) is 14.5 Å². The van der Waals surface area contributed by atoms with Crippen molar-refractivity contribution in [2.75, 3.05) is 32.9 Å². The predicted molar refractivity (Wildman–Crippen MR) is 121 cm³/mol. The fourth-order valence-corrected chi connectivity index (χ4v) is 3.56. The lowest BCUT2D eigenvalue weighted by Gasteiger charge is -2.11. The van der Waals surface area contributed by atoms with E-state index in [1.165, 1.54) is 15.4 Å². The quantitative estimate of drug-likeness (QED) is 0.296. The van der Waals surface area contributed by atoms with Crippen molar-refractivity contribution in [3.8, 4) is 0 Å². The standard InChI is InChI=1S/C22H34N4O2S/c1-4-20-16-25-21(29-20)10-11-24-22(23-5-2)26-15-18-8-7-9-19(14-18)17-28-13-12-27-6-3/h7-9,14,16H,4-6,10-13,15,17H2,1-3H3,(H2,23,24,26). The summed E-state index contributed by atoms with van der Waals surface area (Å²) in [6.45, 7) is 11.1. The van der Waals surface area contributed by atoms with Crippen molar-refractivity contribution in [2.45, 2.75) is 46.8 Å². The first-order valence-electron chi connectivity index (χ1n) is 10.4. The SMILES string of the molecule is CCNC(=NCc1cccc(COCCOCC)c1)NCCc1ncc(CC)s1. The summed E-state index contributed by atoms with van der Waals surface area (Å²) in [5.74, 6) is 0.832. The summed E-state index contributed by atoms with van der Waals surface area (Å²) in [5.41, 5.74) is 2.32. The molecule has 0 amide bonds. The van der Waals surface area contributed by atoms with Crippen LogP contribution < -0.4 is 10.6 Å². The van der Waals surface area contributed by atoms with Crippen LogP contribution in [0.1, 0.15) is 41.8 Å². The molecule has 160 valence electrons. The second-order valence-corrected chi connectivity index (χ2v) is 7.72. The maximum atomic E-state index is 5.66. The highest BCUT2D eigenvalue weighted by atomic mass is 32.1. The van der Waals surface area contributed by atoms with Gasteiger partial charge in [0.2, 0.25) is 0 Å². The molecule has 29 heavy (non-hydrogen) atoms. The van der Waals surface area contributed by atoms with Gasteiger partial charge in [0.15, 0.2) is 5.96 Å². The topological polar surface area (TPSA) is 67.8 Å². The van der Waals surface area contributed by atoms with Crippen molar-refractivity contribution in [3.63, 3.8) is 0 Å². The third-order valence-corrected chi connectivity index (χ3v) is 5.38. The molecule has 1 aromatic heterocycles. The van der Waals surface area contributed by atoms with Crippen molar-refractivity contribution >= 4 is 17.3 Å². The van der Waals surface area contributed by atoms with Crippen LogP contribution in [0.25, 0.3) is 0 Å². The molecule has 0 saturated carbocycles. The van der Waals surface area contributed by atoms with E-state index >= 15 is 0 Å². The third-order valence-electron chi connectivity index (χ3n) is 4.18. The Morgan fingerprint density at radius 1 is 1.10 bits per heavy atom. The normalized spacial score (nSPS) is 11.6. The molecular formula is C22H34N4O2S. The number of aryl methyl sites for hydroxylation is 1. The molecule has 0 aliphatic carbocycles. The fourth-order valence-electron chi connectivity index (χ4n) is 2.70. The van der Waals surface area contributed by atoms with Crippen LogP contribution in [-0.2, 0) is 35.5 Å². The minimum absolute atomic E-state index is 0.594. The van der Waals surface area contributed by atoms with Crippen LogP contribution in [0.5, 0.6) is 0 Å². The zero-order valence-corrected chi connectivity index (χ0v) is 18.7. The third kappa shape index (κ3) is 9.39. The van der Waals surface area contributed by atoms with Crippen molar-refractivity contribution in [1.29, 1.82) is 0 Å². The highest BCUT2D eigenvalue weighted by Crippen LogP contribution is 2.13. The average molecular weight is 419 g/mol.